The van der Waals surface area contributed by atoms with Gasteiger partial charge in [-0.25, -0.2) is 0 Å². The zero-order chi connectivity index (χ0) is 33.9. The number of methoxy groups -OCH3 is 2. The quantitative estimate of drug-likeness (QED) is 0.160. The van der Waals surface area contributed by atoms with E-state index in [0.29, 0.717) is 26.1 Å². The zero-order valence-corrected chi connectivity index (χ0v) is 32.2. The molecule has 0 saturated carbocycles. The Balaban J connectivity index is 0.000000440. The Kier molecular flexibility index (Phi) is 16.7. The van der Waals surface area contributed by atoms with Gasteiger partial charge in [0.25, 0.3) is 0 Å². The molecule has 2 heterocycles. The molecule has 260 valence electrons. The molecule has 2 rings (SSSR count). The lowest BCUT2D eigenvalue weighted by molar-refractivity contribution is -0.220. The predicted molar refractivity (Wildman–Crippen MR) is 176 cm³/mol. The molecule has 2 aliphatic rings. The first kappa shape index (κ1) is 41.2. The normalized spacial score (nSPS) is 26.8. The highest BCUT2D eigenvalue weighted by atomic mass is 28.4. The molecular weight excluding hydrogens is 601 g/mol. The van der Waals surface area contributed by atoms with Gasteiger partial charge >= 0.3 is 11.9 Å². The molecule has 2 aliphatic heterocycles. The zero-order valence-electron chi connectivity index (χ0n) is 30.2. The molecule has 0 aromatic heterocycles. The van der Waals surface area contributed by atoms with Gasteiger partial charge in [0.15, 0.2) is 16.6 Å². The lowest BCUT2D eigenvalue weighted by Crippen LogP contribution is -2.43. The van der Waals surface area contributed by atoms with Gasteiger partial charge < -0.3 is 37.3 Å². The molecule has 44 heavy (non-hydrogen) atoms. The van der Waals surface area contributed by atoms with Crippen LogP contribution in [0, 0.1) is 0 Å². The van der Waals surface area contributed by atoms with Crippen molar-refractivity contribution in [3.63, 3.8) is 0 Å². The summed E-state index contributed by atoms with van der Waals surface area (Å²) in [4.78, 5) is 22.2. The molecule has 10 nitrogen and oxygen atoms in total. The van der Waals surface area contributed by atoms with Crippen LogP contribution in [0.3, 0.4) is 0 Å². The number of ether oxygens (including phenoxy) is 6. The van der Waals surface area contributed by atoms with E-state index in [4.69, 9.17) is 37.3 Å². The number of hydrogen-bond acceptors (Lipinski definition) is 10. The van der Waals surface area contributed by atoms with Crippen LogP contribution in [-0.2, 0) is 46.9 Å². The second-order valence-corrected chi connectivity index (χ2v) is 24.7. The summed E-state index contributed by atoms with van der Waals surface area (Å²) in [6, 6.07) is 0. The molecular formula is C32H64O10Si2. The molecule has 6 atom stereocenters. The molecule has 0 bridgehead atoms. The van der Waals surface area contributed by atoms with Crippen LogP contribution < -0.4 is 0 Å². The minimum atomic E-state index is -1.73. The fraction of sp³-hybridized carbons (Fsp3) is 0.938. The first-order valence-electron chi connectivity index (χ1n) is 16.1. The number of hydrogen-bond donors (Lipinski definition) is 0. The largest absolute Gasteiger partial charge is 0.436 e. The molecule has 2 fully saturated rings. The molecule has 12 heteroatoms. The van der Waals surface area contributed by atoms with Gasteiger partial charge in [0, 0.05) is 67.0 Å². The van der Waals surface area contributed by atoms with Crippen LogP contribution >= 0.6 is 0 Å². The Morgan fingerprint density at radius 1 is 0.636 bits per heavy atom. The molecule has 2 saturated heterocycles. The van der Waals surface area contributed by atoms with Gasteiger partial charge in [-0.3, -0.25) is 9.59 Å². The number of esters is 2. The Labute approximate surface area is 269 Å². The van der Waals surface area contributed by atoms with Gasteiger partial charge in [-0.05, 0) is 49.1 Å². The Hall–Kier alpha value is -0.866. The summed E-state index contributed by atoms with van der Waals surface area (Å²) in [5.74, 6) is -0.643. The summed E-state index contributed by atoms with van der Waals surface area (Å²) in [6.45, 7) is 26.5. The number of carbonyl (C=O) groups is 2. The van der Waals surface area contributed by atoms with E-state index in [1.165, 1.54) is 13.8 Å². The van der Waals surface area contributed by atoms with E-state index in [-0.39, 0.29) is 46.4 Å². The van der Waals surface area contributed by atoms with Crippen molar-refractivity contribution in [1.29, 1.82) is 0 Å². The molecule has 0 aromatic carbocycles. The highest BCUT2D eigenvalue weighted by Gasteiger charge is 2.39. The summed E-state index contributed by atoms with van der Waals surface area (Å²) >= 11 is 0. The maximum absolute atomic E-state index is 11.1. The van der Waals surface area contributed by atoms with E-state index < -0.39 is 29.2 Å². The molecule has 0 amide bonds. The van der Waals surface area contributed by atoms with Crippen molar-refractivity contribution in [2.75, 3.05) is 27.4 Å². The van der Waals surface area contributed by atoms with Gasteiger partial charge in [-0.2, -0.15) is 0 Å². The summed E-state index contributed by atoms with van der Waals surface area (Å²) in [7, 11) is -0.0911. The topological polar surface area (TPSA) is 108 Å². The average molecular weight is 665 g/mol. The summed E-state index contributed by atoms with van der Waals surface area (Å²) < 4.78 is 45.3. The molecule has 0 unspecified atom stereocenters. The highest BCUT2D eigenvalue weighted by molar-refractivity contribution is 6.74. The van der Waals surface area contributed by atoms with Gasteiger partial charge in [-0.1, -0.05) is 41.5 Å². The van der Waals surface area contributed by atoms with Gasteiger partial charge in [0.2, 0.25) is 12.6 Å². The second kappa shape index (κ2) is 17.9. The van der Waals surface area contributed by atoms with Crippen molar-refractivity contribution >= 4 is 28.6 Å². The van der Waals surface area contributed by atoms with Crippen molar-refractivity contribution in [2.45, 2.75) is 167 Å². The third-order valence-corrected chi connectivity index (χ3v) is 18.4. The Bertz CT molecular complexity index is 798. The smallest absolute Gasteiger partial charge is 0.304 e. The van der Waals surface area contributed by atoms with Crippen molar-refractivity contribution in [2.24, 2.45) is 0 Å². The standard InChI is InChI=1S/2C16H32O5Si/c2*1-12(17)20-15-11-14(18-5)10-13(21-15)8-9-19-22(6,7)16(2,3)4/h2*13-15H,8-11H2,1-7H3/t13-,14-,15+;13-,14-,15-/m11/s1. The Morgan fingerprint density at radius 3 is 1.20 bits per heavy atom. The van der Waals surface area contributed by atoms with E-state index in [1.54, 1.807) is 14.2 Å². The van der Waals surface area contributed by atoms with E-state index in [2.05, 4.69) is 67.7 Å². The fourth-order valence-corrected chi connectivity index (χ4v) is 6.58. The monoisotopic (exact) mass is 664 g/mol. The number of rotatable bonds is 12. The van der Waals surface area contributed by atoms with Crippen LogP contribution in [0.1, 0.15) is 93.9 Å². The van der Waals surface area contributed by atoms with Crippen LogP contribution in [0.25, 0.3) is 0 Å². The van der Waals surface area contributed by atoms with Crippen LogP contribution in [0.5, 0.6) is 0 Å². The van der Waals surface area contributed by atoms with Gasteiger partial charge in [-0.15, -0.1) is 0 Å². The first-order valence-corrected chi connectivity index (χ1v) is 21.9. The maximum Gasteiger partial charge on any atom is 0.304 e. The molecule has 0 aromatic rings. The third-order valence-electron chi connectivity index (χ3n) is 9.33. The van der Waals surface area contributed by atoms with E-state index in [1.807, 2.05) is 0 Å². The summed E-state index contributed by atoms with van der Waals surface area (Å²) in [6.07, 6.45) is 3.54. The van der Waals surface area contributed by atoms with Crippen molar-refractivity contribution in [3.05, 3.63) is 0 Å². The maximum atomic E-state index is 11.1. The summed E-state index contributed by atoms with van der Waals surface area (Å²) in [5, 5.41) is 0.408. The van der Waals surface area contributed by atoms with Crippen LogP contribution in [0.4, 0.5) is 0 Å². The SMILES string of the molecule is CO[C@@H]1C[C@@H](CCO[Si](C)(C)C(C)(C)C)O[C@@H](OC(C)=O)C1.CO[C@@H]1C[C@@H](CCO[Si](C)(C)C(C)(C)C)O[C@H](OC(C)=O)C1. The predicted octanol–water partition coefficient (Wildman–Crippen LogP) is 6.96. The minimum absolute atomic E-state index is 0.00724. The van der Waals surface area contributed by atoms with Crippen LogP contribution in [-0.4, -0.2) is 93.0 Å². The third kappa shape index (κ3) is 14.7. The molecule has 0 aliphatic carbocycles. The number of carbonyl (C=O) groups excluding carboxylic acids is 2. The minimum Gasteiger partial charge on any atom is -0.436 e. The van der Waals surface area contributed by atoms with E-state index in [0.717, 1.165) is 25.7 Å². The van der Waals surface area contributed by atoms with Crippen molar-refractivity contribution in [3.8, 4) is 0 Å². The van der Waals surface area contributed by atoms with Crippen LogP contribution in [0.2, 0.25) is 36.3 Å². The summed E-state index contributed by atoms with van der Waals surface area (Å²) in [5.41, 5.74) is 0. The van der Waals surface area contributed by atoms with Gasteiger partial charge in [0.1, 0.15) is 0 Å². The van der Waals surface area contributed by atoms with Crippen molar-refractivity contribution < 1.29 is 46.9 Å². The highest BCUT2D eigenvalue weighted by Crippen LogP contribution is 2.38. The van der Waals surface area contributed by atoms with E-state index in [9.17, 15) is 9.59 Å². The first-order chi connectivity index (χ1) is 20.1. The lowest BCUT2D eigenvalue weighted by atomic mass is 10.0. The van der Waals surface area contributed by atoms with E-state index >= 15 is 0 Å². The second-order valence-electron chi connectivity index (χ2n) is 15.0. The van der Waals surface area contributed by atoms with Crippen LogP contribution in [0.15, 0.2) is 0 Å². The van der Waals surface area contributed by atoms with Gasteiger partial charge in [0.05, 0.1) is 24.4 Å². The molecule has 0 spiro atoms. The molecule has 0 radical (unpaired) electrons. The average Bonchev–Trinajstić information content (AvgIpc) is 2.86. The fourth-order valence-electron chi connectivity index (χ4n) is 4.46. The van der Waals surface area contributed by atoms with Crippen molar-refractivity contribution in [1.82, 2.24) is 0 Å². The molecule has 0 N–H and O–H groups in total. The Morgan fingerprint density at radius 2 is 0.955 bits per heavy atom. The lowest BCUT2D eigenvalue weighted by Gasteiger charge is -2.38.